The number of amides is 1. The molecule has 0 radical (unpaired) electrons. The molecule has 3 rings (SSSR count). The fourth-order valence-electron chi connectivity index (χ4n) is 1.83. The molecule has 23 heavy (non-hydrogen) atoms. The van der Waals surface area contributed by atoms with Crippen LogP contribution in [-0.2, 0) is 0 Å². The Morgan fingerprint density at radius 1 is 1.13 bits per heavy atom. The number of rotatable bonds is 3. The van der Waals surface area contributed by atoms with Crippen LogP contribution < -0.4 is 5.32 Å². The lowest BCUT2D eigenvalue weighted by Crippen LogP contribution is -2.12. The van der Waals surface area contributed by atoms with Crippen LogP contribution in [0.2, 0.25) is 10.0 Å². The predicted molar refractivity (Wildman–Crippen MR) is 84.1 cm³/mol. The van der Waals surface area contributed by atoms with Crippen molar-refractivity contribution in [1.29, 1.82) is 0 Å². The van der Waals surface area contributed by atoms with E-state index in [2.05, 4.69) is 15.5 Å². The normalized spacial score (nSPS) is 10.6. The Balaban J connectivity index is 1.84. The monoisotopic (exact) mass is 351 g/mol. The molecule has 1 aromatic heterocycles. The van der Waals surface area contributed by atoms with Crippen LogP contribution in [0.1, 0.15) is 10.7 Å². The van der Waals surface area contributed by atoms with E-state index in [0.29, 0.717) is 15.7 Å². The van der Waals surface area contributed by atoms with Gasteiger partial charge in [0, 0.05) is 5.02 Å². The van der Waals surface area contributed by atoms with Crippen molar-refractivity contribution in [3.63, 3.8) is 0 Å². The van der Waals surface area contributed by atoms with Crippen LogP contribution in [-0.4, -0.2) is 16.1 Å². The summed E-state index contributed by atoms with van der Waals surface area (Å²) in [6.07, 6.45) is 0. The van der Waals surface area contributed by atoms with E-state index in [0.717, 1.165) is 0 Å². The molecule has 0 atom stereocenters. The summed E-state index contributed by atoms with van der Waals surface area (Å²) in [6.45, 7) is 0. The molecule has 0 aliphatic rings. The Bertz CT molecular complexity index is 883. The molecule has 116 valence electrons. The van der Waals surface area contributed by atoms with Crippen LogP contribution >= 0.6 is 23.2 Å². The second-order valence-electron chi connectivity index (χ2n) is 4.47. The molecular weight excluding hydrogens is 344 g/mol. The van der Waals surface area contributed by atoms with E-state index in [4.69, 9.17) is 27.6 Å². The zero-order valence-electron chi connectivity index (χ0n) is 11.4. The van der Waals surface area contributed by atoms with Gasteiger partial charge in [-0.15, -0.1) is 10.2 Å². The first-order valence-corrected chi connectivity index (χ1v) is 7.15. The molecule has 5 nitrogen and oxygen atoms in total. The molecule has 0 bridgehead atoms. The molecular formula is C15H8Cl2FN3O2. The molecule has 1 heterocycles. The van der Waals surface area contributed by atoms with E-state index in [1.54, 1.807) is 12.1 Å². The third kappa shape index (κ3) is 3.33. The first kappa shape index (κ1) is 15.5. The maximum absolute atomic E-state index is 13.7. The number of nitrogens with zero attached hydrogens (tertiary/aromatic N) is 2. The fraction of sp³-hybridized carbons (Fsp3) is 0. The van der Waals surface area contributed by atoms with Gasteiger partial charge in [-0.3, -0.25) is 4.79 Å². The van der Waals surface area contributed by atoms with Gasteiger partial charge in [0.2, 0.25) is 0 Å². The van der Waals surface area contributed by atoms with Crippen LogP contribution in [0.4, 0.5) is 10.1 Å². The van der Waals surface area contributed by atoms with Crippen molar-refractivity contribution in [3.05, 3.63) is 64.2 Å². The van der Waals surface area contributed by atoms with Gasteiger partial charge >= 0.3 is 11.8 Å². The second kappa shape index (κ2) is 6.36. The molecule has 0 saturated carbocycles. The number of aromatic nitrogens is 2. The Hall–Kier alpha value is -2.44. The predicted octanol–water partition coefficient (Wildman–Crippen LogP) is 4.43. The number of hydrogen-bond donors (Lipinski definition) is 1. The highest BCUT2D eigenvalue weighted by atomic mass is 35.5. The lowest BCUT2D eigenvalue weighted by Gasteiger charge is -2.05. The Kier molecular flexibility index (Phi) is 4.27. The summed E-state index contributed by atoms with van der Waals surface area (Å²) in [5.74, 6) is -1.62. The molecule has 0 unspecified atom stereocenters. The molecule has 8 heteroatoms. The summed E-state index contributed by atoms with van der Waals surface area (Å²) in [5.41, 5.74) is 0.412. The number of carbonyl (C=O) groups excluding carboxylic acids is 1. The third-order valence-electron chi connectivity index (χ3n) is 2.90. The van der Waals surface area contributed by atoms with E-state index in [-0.39, 0.29) is 17.3 Å². The van der Waals surface area contributed by atoms with Gasteiger partial charge in [0.05, 0.1) is 16.3 Å². The Morgan fingerprint density at radius 2 is 1.91 bits per heavy atom. The molecule has 2 aromatic carbocycles. The third-order valence-corrected chi connectivity index (χ3v) is 3.46. The highest BCUT2D eigenvalue weighted by Gasteiger charge is 2.18. The molecule has 1 amide bonds. The largest absolute Gasteiger partial charge is 0.412 e. The molecule has 0 spiro atoms. The van der Waals surface area contributed by atoms with E-state index < -0.39 is 11.7 Å². The minimum absolute atomic E-state index is 0.0922. The molecule has 3 aromatic rings. The highest BCUT2D eigenvalue weighted by molar-refractivity contribution is 6.35. The lowest BCUT2D eigenvalue weighted by atomic mass is 10.2. The number of halogens is 3. The van der Waals surface area contributed by atoms with E-state index >= 15 is 0 Å². The SMILES string of the molecule is O=C(Nc1cc(Cl)ccc1Cl)c1nnc(-c2ccccc2F)o1. The zero-order valence-corrected chi connectivity index (χ0v) is 12.9. The van der Waals surface area contributed by atoms with Crippen LogP contribution in [0.5, 0.6) is 0 Å². The van der Waals surface area contributed by atoms with Crippen LogP contribution in [0.25, 0.3) is 11.5 Å². The van der Waals surface area contributed by atoms with E-state index in [1.807, 2.05) is 0 Å². The number of hydrogen-bond acceptors (Lipinski definition) is 4. The number of benzene rings is 2. The van der Waals surface area contributed by atoms with Crippen molar-refractivity contribution in [2.24, 2.45) is 0 Å². The molecule has 0 fully saturated rings. The summed E-state index contributed by atoms with van der Waals surface area (Å²) < 4.78 is 18.9. The first-order chi connectivity index (χ1) is 11.0. The van der Waals surface area contributed by atoms with Gasteiger partial charge in [0.1, 0.15) is 5.82 Å². The van der Waals surface area contributed by atoms with Crippen molar-refractivity contribution < 1.29 is 13.6 Å². The fourth-order valence-corrected chi connectivity index (χ4v) is 2.16. The van der Waals surface area contributed by atoms with Crippen molar-refractivity contribution in [2.75, 3.05) is 5.32 Å². The maximum atomic E-state index is 13.7. The summed E-state index contributed by atoms with van der Waals surface area (Å²) in [4.78, 5) is 12.1. The maximum Gasteiger partial charge on any atom is 0.313 e. The highest BCUT2D eigenvalue weighted by Crippen LogP contribution is 2.26. The van der Waals surface area contributed by atoms with Gasteiger partial charge in [-0.25, -0.2) is 4.39 Å². The molecule has 0 aliphatic heterocycles. The number of carbonyl (C=O) groups is 1. The van der Waals surface area contributed by atoms with Gasteiger partial charge in [-0.05, 0) is 30.3 Å². The van der Waals surface area contributed by atoms with Crippen LogP contribution in [0.3, 0.4) is 0 Å². The minimum Gasteiger partial charge on any atom is -0.412 e. The zero-order chi connectivity index (χ0) is 16.4. The average Bonchev–Trinajstić information content (AvgIpc) is 3.01. The lowest BCUT2D eigenvalue weighted by molar-refractivity contribution is 0.0991. The Labute approximate surface area is 140 Å². The van der Waals surface area contributed by atoms with Gasteiger partial charge in [0.15, 0.2) is 0 Å². The molecule has 0 saturated heterocycles. The van der Waals surface area contributed by atoms with Crippen molar-refractivity contribution in [2.45, 2.75) is 0 Å². The van der Waals surface area contributed by atoms with Crippen molar-refractivity contribution in [3.8, 4) is 11.5 Å². The summed E-state index contributed by atoms with van der Waals surface area (Å²) in [6, 6.07) is 10.5. The Morgan fingerprint density at radius 3 is 2.70 bits per heavy atom. The summed E-state index contributed by atoms with van der Waals surface area (Å²) in [7, 11) is 0. The smallest absolute Gasteiger partial charge is 0.313 e. The number of nitrogens with one attached hydrogen (secondary N) is 1. The van der Waals surface area contributed by atoms with Crippen molar-refractivity contribution in [1.82, 2.24) is 10.2 Å². The van der Waals surface area contributed by atoms with Gasteiger partial charge in [0.25, 0.3) is 5.89 Å². The number of anilines is 1. The van der Waals surface area contributed by atoms with Crippen molar-refractivity contribution >= 4 is 34.8 Å². The average molecular weight is 352 g/mol. The second-order valence-corrected chi connectivity index (χ2v) is 5.31. The molecule has 1 N–H and O–H groups in total. The topological polar surface area (TPSA) is 68.0 Å². The van der Waals surface area contributed by atoms with E-state index in [9.17, 15) is 9.18 Å². The van der Waals surface area contributed by atoms with Gasteiger partial charge in [-0.1, -0.05) is 35.3 Å². The van der Waals surface area contributed by atoms with Gasteiger partial charge < -0.3 is 9.73 Å². The standard InChI is InChI=1S/C15H8Cl2FN3O2/c16-8-5-6-10(17)12(7-8)19-13(22)15-21-20-14(23-15)9-3-1-2-4-11(9)18/h1-7H,(H,19,22). The summed E-state index contributed by atoms with van der Waals surface area (Å²) in [5, 5.41) is 10.5. The summed E-state index contributed by atoms with van der Waals surface area (Å²) >= 11 is 11.8. The van der Waals surface area contributed by atoms with Gasteiger partial charge in [-0.2, -0.15) is 0 Å². The molecule has 0 aliphatic carbocycles. The first-order valence-electron chi connectivity index (χ1n) is 6.39. The quantitative estimate of drug-likeness (QED) is 0.757. The van der Waals surface area contributed by atoms with E-state index in [1.165, 1.54) is 30.3 Å². The van der Waals surface area contributed by atoms with Crippen LogP contribution in [0, 0.1) is 5.82 Å². The van der Waals surface area contributed by atoms with Crippen LogP contribution in [0.15, 0.2) is 46.9 Å². The minimum atomic E-state index is -0.677.